The molecule has 0 saturated carbocycles. The maximum Gasteiger partial charge on any atom is 0.116 e. The van der Waals surface area contributed by atoms with Gasteiger partial charge in [0.15, 0.2) is 0 Å². The van der Waals surface area contributed by atoms with Crippen LogP contribution in [0.1, 0.15) is 18.5 Å². The topological polar surface area (TPSA) is 66.5 Å². The van der Waals surface area contributed by atoms with Crippen molar-refractivity contribution < 1.29 is 10.2 Å². The van der Waals surface area contributed by atoms with Gasteiger partial charge in [0.2, 0.25) is 0 Å². The zero-order chi connectivity index (χ0) is 10.0. The van der Waals surface area contributed by atoms with Crippen molar-refractivity contribution in [1.29, 1.82) is 0 Å². The van der Waals surface area contributed by atoms with E-state index in [1.807, 2.05) is 0 Å². The summed E-state index contributed by atoms with van der Waals surface area (Å²) in [5.41, 5.74) is 6.61. The molecule has 0 fully saturated rings. The predicted molar refractivity (Wildman–Crippen MR) is 59.4 cm³/mol. The smallest absolute Gasteiger partial charge is 0.116 e. The second kappa shape index (κ2) is 4.26. The molecule has 3 nitrogen and oxygen atoms in total. The highest BCUT2D eigenvalue weighted by Gasteiger charge is 2.14. The Hall–Kier alpha value is -0.330. The van der Waals surface area contributed by atoms with Crippen molar-refractivity contribution in [3.63, 3.8) is 0 Å². The van der Waals surface area contributed by atoms with Crippen LogP contribution in [0.25, 0.3) is 0 Å². The van der Waals surface area contributed by atoms with Crippen LogP contribution < -0.4 is 5.73 Å². The van der Waals surface area contributed by atoms with Crippen LogP contribution in [0, 0.1) is 3.57 Å². The third-order valence-electron chi connectivity index (χ3n) is 1.86. The first kappa shape index (κ1) is 10.7. The third-order valence-corrected chi connectivity index (χ3v) is 2.80. The lowest BCUT2D eigenvalue weighted by Gasteiger charge is -2.16. The number of hydrogen-bond acceptors (Lipinski definition) is 3. The second-order valence-corrected chi connectivity index (χ2v) is 4.13. The molecule has 0 spiro atoms. The normalized spacial score (nSPS) is 15.4. The number of aliphatic hydroxyl groups excluding tert-OH is 1. The molecule has 72 valence electrons. The quantitative estimate of drug-likeness (QED) is 0.722. The Labute approximate surface area is 90.7 Å². The molecule has 0 aliphatic rings. The van der Waals surface area contributed by atoms with E-state index >= 15 is 0 Å². The molecule has 0 amide bonds. The number of nitrogens with two attached hydrogens (primary N) is 1. The van der Waals surface area contributed by atoms with Gasteiger partial charge in [-0.15, -0.1) is 0 Å². The van der Waals surface area contributed by atoms with E-state index in [1.54, 1.807) is 25.1 Å². The molecule has 0 saturated heterocycles. The molecular weight excluding hydrogens is 281 g/mol. The molecule has 0 aromatic heterocycles. The summed E-state index contributed by atoms with van der Waals surface area (Å²) in [6.45, 7) is 1.65. The Morgan fingerprint density at radius 2 is 2.08 bits per heavy atom. The number of phenolic OH excluding ortho intramolecular Hbond substituents is 1. The molecule has 0 radical (unpaired) electrons. The Morgan fingerprint density at radius 3 is 2.54 bits per heavy atom. The van der Waals surface area contributed by atoms with Gasteiger partial charge in [0.1, 0.15) is 5.75 Å². The van der Waals surface area contributed by atoms with Crippen LogP contribution in [0.5, 0.6) is 5.75 Å². The molecule has 4 heteroatoms. The standard InChI is InChI=1S/C9H12INO2/c1-5(12)9(11)7-3-2-6(13)4-8(7)10/h2-5,9,12-13H,11H2,1H3/t5-,9-/m1/s1. The van der Waals surface area contributed by atoms with Gasteiger partial charge in [0, 0.05) is 3.57 Å². The number of halogens is 1. The summed E-state index contributed by atoms with van der Waals surface area (Å²) in [6.07, 6.45) is -0.585. The van der Waals surface area contributed by atoms with Gasteiger partial charge in [-0.1, -0.05) is 6.07 Å². The van der Waals surface area contributed by atoms with Crippen LogP contribution >= 0.6 is 22.6 Å². The Kier molecular flexibility index (Phi) is 3.52. The molecule has 1 aromatic carbocycles. The molecule has 13 heavy (non-hydrogen) atoms. The van der Waals surface area contributed by atoms with Crippen molar-refractivity contribution in [3.05, 3.63) is 27.3 Å². The minimum Gasteiger partial charge on any atom is -0.508 e. The number of phenols is 1. The molecule has 1 aromatic rings. The maximum absolute atomic E-state index is 9.28. The van der Waals surface area contributed by atoms with Gasteiger partial charge in [0.05, 0.1) is 12.1 Å². The van der Waals surface area contributed by atoms with Crippen LogP contribution in [-0.4, -0.2) is 16.3 Å². The van der Waals surface area contributed by atoms with Gasteiger partial charge in [-0.2, -0.15) is 0 Å². The van der Waals surface area contributed by atoms with Crippen molar-refractivity contribution in [3.8, 4) is 5.75 Å². The summed E-state index contributed by atoms with van der Waals surface area (Å²) in [5.74, 6) is 0.214. The highest BCUT2D eigenvalue weighted by molar-refractivity contribution is 14.1. The van der Waals surface area contributed by atoms with E-state index in [1.165, 1.54) is 0 Å². The van der Waals surface area contributed by atoms with Gasteiger partial charge in [0.25, 0.3) is 0 Å². The Morgan fingerprint density at radius 1 is 1.46 bits per heavy atom. The number of aromatic hydroxyl groups is 1. The molecule has 0 heterocycles. The second-order valence-electron chi connectivity index (χ2n) is 2.97. The van der Waals surface area contributed by atoms with Crippen LogP contribution in [0.15, 0.2) is 18.2 Å². The molecular formula is C9H12INO2. The van der Waals surface area contributed by atoms with E-state index < -0.39 is 12.1 Å². The molecule has 0 unspecified atom stereocenters. The van der Waals surface area contributed by atoms with Crippen LogP contribution in [0.4, 0.5) is 0 Å². The molecule has 2 atom stereocenters. The monoisotopic (exact) mass is 293 g/mol. The first-order chi connectivity index (χ1) is 6.02. The summed E-state index contributed by atoms with van der Waals surface area (Å²) < 4.78 is 0.867. The summed E-state index contributed by atoms with van der Waals surface area (Å²) in [5, 5.41) is 18.4. The van der Waals surface area contributed by atoms with Crippen molar-refractivity contribution in [2.45, 2.75) is 19.1 Å². The lowest BCUT2D eigenvalue weighted by Crippen LogP contribution is -2.23. The van der Waals surface area contributed by atoms with Gasteiger partial charge in [-0.25, -0.2) is 0 Å². The van der Waals surface area contributed by atoms with E-state index in [0.717, 1.165) is 9.13 Å². The lowest BCUT2D eigenvalue weighted by molar-refractivity contribution is 0.164. The zero-order valence-corrected chi connectivity index (χ0v) is 9.39. The maximum atomic E-state index is 9.28. The molecule has 0 bridgehead atoms. The van der Waals surface area contributed by atoms with Crippen LogP contribution in [0.3, 0.4) is 0 Å². The molecule has 4 N–H and O–H groups in total. The SMILES string of the molecule is C[C@@H](O)[C@@H](N)c1ccc(O)cc1I. The van der Waals surface area contributed by atoms with E-state index in [9.17, 15) is 5.11 Å². The fourth-order valence-corrected chi connectivity index (χ4v) is 1.90. The van der Waals surface area contributed by atoms with Gasteiger partial charge in [-0.3, -0.25) is 0 Å². The average Bonchev–Trinajstić information content (AvgIpc) is 2.03. The average molecular weight is 293 g/mol. The minimum atomic E-state index is -0.585. The molecule has 0 aliphatic heterocycles. The van der Waals surface area contributed by atoms with Gasteiger partial charge < -0.3 is 15.9 Å². The van der Waals surface area contributed by atoms with Gasteiger partial charge in [-0.05, 0) is 47.2 Å². The first-order valence-electron chi connectivity index (χ1n) is 3.94. The minimum absolute atomic E-state index is 0.214. The summed E-state index contributed by atoms with van der Waals surface area (Å²) >= 11 is 2.08. The Balaban J connectivity index is 3.01. The Bertz CT molecular complexity index is 302. The summed E-state index contributed by atoms with van der Waals surface area (Å²) in [4.78, 5) is 0. The number of aliphatic hydroxyl groups is 1. The van der Waals surface area contributed by atoms with E-state index in [0.29, 0.717) is 0 Å². The van der Waals surface area contributed by atoms with E-state index in [4.69, 9.17) is 10.8 Å². The summed E-state index contributed by atoms with van der Waals surface area (Å²) in [6, 6.07) is 4.53. The lowest BCUT2D eigenvalue weighted by atomic mass is 10.0. The molecule has 1 rings (SSSR count). The van der Waals surface area contributed by atoms with Crippen LogP contribution in [0.2, 0.25) is 0 Å². The fraction of sp³-hybridized carbons (Fsp3) is 0.333. The largest absolute Gasteiger partial charge is 0.508 e. The highest BCUT2D eigenvalue weighted by Crippen LogP contribution is 2.24. The van der Waals surface area contributed by atoms with E-state index in [-0.39, 0.29) is 5.75 Å². The van der Waals surface area contributed by atoms with Crippen molar-refractivity contribution in [1.82, 2.24) is 0 Å². The predicted octanol–water partition coefficient (Wildman–Crippen LogP) is 1.38. The molecule has 0 aliphatic carbocycles. The van der Waals surface area contributed by atoms with Crippen molar-refractivity contribution in [2.24, 2.45) is 5.73 Å². The third kappa shape index (κ3) is 2.55. The van der Waals surface area contributed by atoms with Crippen LogP contribution in [-0.2, 0) is 0 Å². The van der Waals surface area contributed by atoms with Crippen molar-refractivity contribution >= 4 is 22.6 Å². The van der Waals surface area contributed by atoms with Gasteiger partial charge >= 0.3 is 0 Å². The number of rotatable bonds is 2. The summed E-state index contributed by atoms with van der Waals surface area (Å²) in [7, 11) is 0. The van der Waals surface area contributed by atoms with E-state index in [2.05, 4.69) is 22.6 Å². The highest BCUT2D eigenvalue weighted by atomic mass is 127. The van der Waals surface area contributed by atoms with Crippen molar-refractivity contribution in [2.75, 3.05) is 0 Å². The zero-order valence-electron chi connectivity index (χ0n) is 7.24. The number of benzene rings is 1. The number of hydrogen-bond donors (Lipinski definition) is 3. The first-order valence-corrected chi connectivity index (χ1v) is 5.02. The fourth-order valence-electron chi connectivity index (χ4n) is 1.05.